The van der Waals surface area contributed by atoms with E-state index in [1.807, 2.05) is 0 Å². The lowest BCUT2D eigenvalue weighted by atomic mass is 10.1. The summed E-state index contributed by atoms with van der Waals surface area (Å²) >= 11 is 0. The largest absolute Gasteiger partial charge is 0.448 e. The van der Waals surface area contributed by atoms with Crippen LogP contribution in [0.2, 0.25) is 0 Å². The highest BCUT2D eigenvalue weighted by molar-refractivity contribution is 5.24. The second-order valence-corrected chi connectivity index (χ2v) is 3.35. The van der Waals surface area contributed by atoms with Gasteiger partial charge in [-0.05, 0) is 12.8 Å². The van der Waals surface area contributed by atoms with Gasteiger partial charge in [0.15, 0.2) is 6.39 Å². The van der Waals surface area contributed by atoms with E-state index in [0.29, 0.717) is 5.69 Å². The van der Waals surface area contributed by atoms with Gasteiger partial charge in [-0.25, -0.2) is 4.98 Å². The van der Waals surface area contributed by atoms with Gasteiger partial charge in [0, 0.05) is 5.41 Å². The second-order valence-electron chi connectivity index (χ2n) is 3.35. The Balaban J connectivity index is 2.36. The van der Waals surface area contributed by atoms with Gasteiger partial charge in [-0.3, -0.25) is 0 Å². The molecular weight excluding hydrogens is 142 g/mol. The zero-order valence-corrected chi connectivity index (χ0v) is 6.50. The van der Waals surface area contributed by atoms with Crippen molar-refractivity contribution in [2.45, 2.75) is 31.8 Å². The summed E-state index contributed by atoms with van der Waals surface area (Å²) in [6.07, 6.45) is 3.70. The first-order chi connectivity index (χ1) is 5.26. The zero-order valence-electron chi connectivity index (χ0n) is 6.50. The van der Waals surface area contributed by atoms with Crippen LogP contribution in [0.15, 0.2) is 10.8 Å². The van der Waals surface area contributed by atoms with Crippen molar-refractivity contribution < 1.29 is 9.52 Å². The summed E-state index contributed by atoms with van der Waals surface area (Å²) in [4.78, 5) is 3.92. The predicted molar refractivity (Wildman–Crippen MR) is 39.0 cm³/mol. The molecule has 2 rings (SSSR count). The molecule has 0 aliphatic heterocycles. The monoisotopic (exact) mass is 153 g/mol. The summed E-state index contributed by atoms with van der Waals surface area (Å²) in [5.41, 5.74) is 0.874. The molecule has 1 aromatic heterocycles. The number of rotatable bonds is 2. The van der Waals surface area contributed by atoms with Gasteiger partial charge in [0.25, 0.3) is 0 Å². The molecule has 1 saturated carbocycles. The molecule has 1 fully saturated rings. The standard InChI is InChI=1S/C8H11NO2/c1-8(2-3-8)7-6(4-10)9-5-11-7/h5,10H,2-4H2,1H3. The van der Waals surface area contributed by atoms with Gasteiger partial charge in [0.1, 0.15) is 11.5 Å². The molecule has 0 amide bonds. The van der Waals surface area contributed by atoms with Crippen LogP contribution in [0.3, 0.4) is 0 Å². The highest BCUT2D eigenvalue weighted by Gasteiger charge is 2.43. The Morgan fingerprint density at radius 3 is 3.00 bits per heavy atom. The van der Waals surface area contributed by atoms with Gasteiger partial charge >= 0.3 is 0 Å². The van der Waals surface area contributed by atoms with Crippen LogP contribution in [0.25, 0.3) is 0 Å². The number of hydrogen-bond donors (Lipinski definition) is 1. The number of hydrogen-bond acceptors (Lipinski definition) is 3. The van der Waals surface area contributed by atoms with Gasteiger partial charge in [-0.1, -0.05) is 6.92 Å². The smallest absolute Gasteiger partial charge is 0.181 e. The quantitative estimate of drug-likeness (QED) is 0.694. The number of aliphatic hydroxyl groups is 1. The van der Waals surface area contributed by atoms with Crippen molar-refractivity contribution in [2.24, 2.45) is 0 Å². The Bertz CT molecular complexity index is 263. The highest BCUT2D eigenvalue weighted by Crippen LogP contribution is 2.48. The minimum absolute atomic E-state index is 0.0125. The molecule has 3 heteroatoms. The molecule has 0 saturated heterocycles. The van der Waals surface area contributed by atoms with Crippen LogP contribution in [0.4, 0.5) is 0 Å². The molecule has 3 nitrogen and oxygen atoms in total. The molecule has 60 valence electrons. The van der Waals surface area contributed by atoms with Crippen molar-refractivity contribution in [1.82, 2.24) is 4.98 Å². The first-order valence-corrected chi connectivity index (χ1v) is 3.80. The molecule has 0 spiro atoms. The number of oxazole rings is 1. The molecular formula is C8H11NO2. The summed E-state index contributed by atoms with van der Waals surface area (Å²) < 4.78 is 5.21. The van der Waals surface area contributed by atoms with Crippen molar-refractivity contribution in [2.75, 3.05) is 0 Å². The third kappa shape index (κ3) is 0.959. The van der Waals surface area contributed by atoms with Crippen LogP contribution in [-0.4, -0.2) is 10.1 Å². The number of nitrogens with zero attached hydrogens (tertiary/aromatic N) is 1. The lowest BCUT2D eigenvalue weighted by Crippen LogP contribution is -2.02. The Morgan fingerprint density at radius 1 is 1.73 bits per heavy atom. The fourth-order valence-corrected chi connectivity index (χ4v) is 1.29. The molecule has 0 aromatic carbocycles. The van der Waals surface area contributed by atoms with E-state index in [4.69, 9.17) is 9.52 Å². The minimum Gasteiger partial charge on any atom is -0.448 e. The summed E-state index contributed by atoms with van der Waals surface area (Å²) in [5.74, 6) is 0.875. The van der Waals surface area contributed by atoms with E-state index in [1.54, 1.807) is 0 Å². The average molecular weight is 153 g/mol. The molecule has 1 aliphatic carbocycles. The Morgan fingerprint density at radius 2 is 2.45 bits per heavy atom. The zero-order chi connectivity index (χ0) is 7.90. The van der Waals surface area contributed by atoms with Gasteiger partial charge < -0.3 is 9.52 Å². The molecule has 1 N–H and O–H groups in total. The van der Waals surface area contributed by atoms with Gasteiger partial charge in [0.05, 0.1) is 6.61 Å². The van der Waals surface area contributed by atoms with Gasteiger partial charge in [0.2, 0.25) is 0 Å². The van der Waals surface area contributed by atoms with Crippen molar-refractivity contribution in [3.63, 3.8) is 0 Å². The number of aliphatic hydroxyl groups excluding tert-OH is 1. The van der Waals surface area contributed by atoms with E-state index in [0.717, 1.165) is 18.6 Å². The van der Waals surface area contributed by atoms with E-state index in [1.165, 1.54) is 6.39 Å². The molecule has 1 aliphatic rings. The topological polar surface area (TPSA) is 46.3 Å². The van der Waals surface area contributed by atoms with Crippen molar-refractivity contribution in [1.29, 1.82) is 0 Å². The third-order valence-electron chi connectivity index (χ3n) is 2.34. The SMILES string of the molecule is CC1(c2ocnc2CO)CC1. The molecule has 11 heavy (non-hydrogen) atoms. The van der Waals surface area contributed by atoms with E-state index >= 15 is 0 Å². The highest BCUT2D eigenvalue weighted by atomic mass is 16.3. The lowest BCUT2D eigenvalue weighted by molar-refractivity contribution is 0.272. The lowest BCUT2D eigenvalue weighted by Gasteiger charge is -2.03. The molecule has 0 atom stereocenters. The first-order valence-electron chi connectivity index (χ1n) is 3.80. The molecule has 0 unspecified atom stereocenters. The second kappa shape index (κ2) is 2.08. The van der Waals surface area contributed by atoms with Crippen LogP contribution in [-0.2, 0) is 12.0 Å². The minimum atomic E-state index is -0.0125. The molecule has 0 radical (unpaired) electrons. The Kier molecular flexibility index (Phi) is 1.29. The summed E-state index contributed by atoms with van der Waals surface area (Å²) in [6, 6.07) is 0. The van der Waals surface area contributed by atoms with Gasteiger partial charge in [-0.15, -0.1) is 0 Å². The van der Waals surface area contributed by atoms with Crippen molar-refractivity contribution >= 4 is 0 Å². The summed E-state index contributed by atoms with van der Waals surface area (Å²) in [7, 11) is 0. The number of aromatic nitrogens is 1. The molecule has 1 aromatic rings. The van der Waals surface area contributed by atoms with Crippen LogP contribution >= 0.6 is 0 Å². The van der Waals surface area contributed by atoms with Crippen LogP contribution < -0.4 is 0 Å². The molecule has 0 bridgehead atoms. The van der Waals surface area contributed by atoms with Crippen molar-refractivity contribution in [3.05, 3.63) is 17.8 Å². The fourth-order valence-electron chi connectivity index (χ4n) is 1.29. The predicted octanol–water partition coefficient (Wildman–Crippen LogP) is 1.22. The maximum absolute atomic E-state index is 8.88. The van der Waals surface area contributed by atoms with Gasteiger partial charge in [-0.2, -0.15) is 0 Å². The Hall–Kier alpha value is -0.830. The fraction of sp³-hybridized carbons (Fsp3) is 0.625. The Labute approximate surface area is 65.1 Å². The molecule has 1 heterocycles. The first kappa shape index (κ1) is 6.85. The third-order valence-corrected chi connectivity index (χ3v) is 2.34. The summed E-state index contributed by atoms with van der Waals surface area (Å²) in [6.45, 7) is 2.12. The van der Waals surface area contributed by atoms with Crippen LogP contribution in [0.1, 0.15) is 31.2 Å². The maximum atomic E-state index is 8.88. The van der Waals surface area contributed by atoms with Crippen LogP contribution in [0, 0.1) is 0 Å². The summed E-state index contributed by atoms with van der Waals surface area (Å²) in [5, 5.41) is 8.88. The van der Waals surface area contributed by atoms with E-state index in [-0.39, 0.29) is 12.0 Å². The van der Waals surface area contributed by atoms with E-state index < -0.39 is 0 Å². The normalized spacial score (nSPS) is 20.2. The maximum Gasteiger partial charge on any atom is 0.181 e. The van der Waals surface area contributed by atoms with Crippen molar-refractivity contribution in [3.8, 4) is 0 Å². The van der Waals surface area contributed by atoms with E-state index in [2.05, 4.69) is 11.9 Å². The van der Waals surface area contributed by atoms with E-state index in [9.17, 15) is 0 Å². The average Bonchev–Trinajstić information content (AvgIpc) is 2.61. The van der Waals surface area contributed by atoms with Crippen LogP contribution in [0.5, 0.6) is 0 Å².